The first-order valence-electron chi connectivity index (χ1n) is 10.8. The lowest BCUT2D eigenvalue weighted by molar-refractivity contribution is -0.131. The highest BCUT2D eigenvalue weighted by molar-refractivity contribution is 7.89. The Morgan fingerprint density at radius 1 is 0.939 bits per heavy atom. The van der Waals surface area contributed by atoms with Crippen molar-refractivity contribution in [2.75, 3.05) is 26.2 Å². The second-order valence-corrected chi connectivity index (χ2v) is 10.7. The summed E-state index contributed by atoms with van der Waals surface area (Å²) in [6, 6.07) is 14.2. The highest BCUT2D eigenvalue weighted by Gasteiger charge is 2.30. The smallest absolute Gasteiger partial charge is 0.243 e. The van der Waals surface area contributed by atoms with Gasteiger partial charge in [0.15, 0.2) is 0 Å². The van der Waals surface area contributed by atoms with Gasteiger partial charge in [0.2, 0.25) is 15.9 Å². The maximum atomic E-state index is 13.0. The van der Waals surface area contributed by atoms with Crippen molar-refractivity contribution in [3.63, 3.8) is 0 Å². The average Bonchev–Trinajstić information content (AvgIpc) is 3.08. The number of aromatic nitrogens is 2. The van der Waals surface area contributed by atoms with Crippen LogP contribution in [0.25, 0.3) is 5.69 Å². The molecule has 0 atom stereocenters. The van der Waals surface area contributed by atoms with E-state index in [2.05, 4.69) is 5.10 Å². The number of sulfonamides is 1. The van der Waals surface area contributed by atoms with E-state index in [9.17, 15) is 13.2 Å². The number of carbonyl (C=O) groups is 1. The van der Waals surface area contributed by atoms with Crippen LogP contribution in [0, 0.1) is 20.8 Å². The molecule has 33 heavy (non-hydrogen) atoms. The topological polar surface area (TPSA) is 75.5 Å². The molecule has 2 aromatic carbocycles. The number of carbonyl (C=O) groups excluding carboxylic acids is 1. The molecule has 0 radical (unpaired) electrons. The third kappa shape index (κ3) is 4.83. The van der Waals surface area contributed by atoms with E-state index in [0.717, 1.165) is 28.2 Å². The van der Waals surface area contributed by atoms with Crippen molar-refractivity contribution >= 4 is 27.5 Å². The van der Waals surface area contributed by atoms with Gasteiger partial charge in [-0.2, -0.15) is 9.40 Å². The summed E-state index contributed by atoms with van der Waals surface area (Å²) in [5, 5.41) is 5.26. The molecule has 0 spiro atoms. The highest BCUT2D eigenvalue weighted by Crippen LogP contribution is 2.22. The van der Waals surface area contributed by atoms with Gasteiger partial charge in [-0.1, -0.05) is 29.3 Å². The second kappa shape index (κ2) is 9.29. The first-order valence-corrected chi connectivity index (χ1v) is 12.6. The maximum Gasteiger partial charge on any atom is 0.243 e. The monoisotopic (exact) mass is 486 g/mol. The fourth-order valence-electron chi connectivity index (χ4n) is 4.06. The summed E-state index contributed by atoms with van der Waals surface area (Å²) in [4.78, 5) is 15.1. The van der Waals surface area contributed by atoms with Crippen LogP contribution in [0.3, 0.4) is 0 Å². The molecule has 1 amide bonds. The highest BCUT2D eigenvalue weighted by atomic mass is 35.5. The number of aryl methyl sites for hydroxylation is 2. The van der Waals surface area contributed by atoms with Crippen LogP contribution >= 0.6 is 11.6 Å². The van der Waals surface area contributed by atoms with Gasteiger partial charge in [0, 0.05) is 42.5 Å². The minimum atomic E-state index is -3.56. The Balaban J connectivity index is 1.43. The van der Waals surface area contributed by atoms with Crippen molar-refractivity contribution in [3.05, 3.63) is 76.1 Å². The van der Waals surface area contributed by atoms with E-state index in [4.69, 9.17) is 11.6 Å². The summed E-state index contributed by atoms with van der Waals surface area (Å²) >= 11 is 5.99. The van der Waals surface area contributed by atoms with Crippen LogP contribution in [-0.4, -0.2) is 59.5 Å². The normalized spacial score (nSPS) is 15.1. The van der Waals surface area contributed by atoms with E-state index in [1.54, 1.807) is 29.2 Å². The van der Waals surface area contributed by atoms with Crippen LogP contribution < -0.4 is 0 Å². The zero-order chi connectivity index (χ0) is 23.8. The summed E-state index contributed by atoms with van der Waals surface area (Å²) in [6.07, 6.45) is 0.232. The SMILES string of the molecule is Cc1ccc(S(=O)(=O)N2CCN(C(=O)Cc3c(C)nn(-c4ccc(Cl)cc4)c3C)CC2)cc1. The molecule has 1 aromatic heterocycles. The van der Waals surface area contributed by atoms with Gasteiger partial charge in [0.25, 0.3) is 0 Å². The van der Waals surface area contributed by atoms with Gasteiger partial charge in [-0.15, -0.1) is 0 Å². The first-order chi connectivity index (χ1) is 15.7. The standard InChI is InChI=1S/C24H27ClN4O3S/c1-17-4-10-22(11-5-17)33(31,32)28-14-12-27(13-15-28)24(30)16-23-18(2)26-29(19(23)3)21-8-6-20(25)7-9-21/h4-11H,12-16H2,1-3H3. The molecule has 0 unspecified atom stereocenters. The van der Waals surface area contributed by atoms with E-state index in [-0.39, 0.29) is 30.3 Å². The molecule has 1 aliphatic heterocycles. The van der Waals surface area contributed by atoms with Crippen LogP contribution in [0.5, 0.6) is 0 Å². The summed E-state index contributed by atoms with van der Waals surface area (Å²) in [5.41, 5.74) is 4.49. The Labute approximate surface area is 199 Å². The van der Waals surface area contributed by atoms with Crippen LogP contribution in [0.1, 0.15) is 22.5 Å². The number of piperazine rings is 1. The fraction of sp³-hybridized carbons (Fsp3) is 0.333. The molecule has 4 rings (SSSR count). The van der Waals surface area contributed by atoms with Gasteiger partial charge in [-0.05, 0) is 57.2 Å². The molecular formula is C24H27ClN4O3S. The second-order valence-electron chi connectivity index (χ2n) is 8.31. The molecule has 3 aromatic rings. The van der Waals surface area contributed by atoms with Crippen molar-refractivity contribution in [2.24, 2.45) is 0 Å². The number of hydrogen-bond donors (Lipinski definition) is 0. The minimum Gasteiger partial charge on any atom is -0.340 e. The van der Waals surface area contributed by atoms with Gasteiger partial charge in [-0.3, -0.25) is 4.79 Å². The third-order valence-corrected chi connectivity index (χ3v) is 8.26. The summed E-state index contributed by atoms with van der Waals surface area (Å²) in [5.74, 6) is -0.0239. The quantitative estimate of drug-likeness (QED) is 0.553. The number of amides is 1. The van der Waals surface area contributed by atoms with Crippen LogP contribution in [0.2, 0.25) is 5.02 Å². The molecule has 1 saturated heterocycles. The van der Waals surface area contributed by atoms with Crippen molar-refractivity contribution < 1.29 is 13.2 Å². The number of nitrogens with zero attached hydrogens (tertiary/aromatic N) is 4. The van der Waals surface area contributed by atoms with Crippen LogP contribution in [0.4, 0.5) is 0 Å². The Morgan fingerprint density at radius 2 is 1.55 bits per heavy atom. The van der Waals surface area contributed by atoms with E-state index in [1.807, 2.05) is 49.7 Å². The number of hydrogen-bond acceptors (Lipinski definition) is 4. The van der Waals surface area contributed by atoms with Crippen molar-refractivity contribution in [2.45, 2.75) is 32.1 Å². The van der Waals surface area contributed by atoms with E-state index in [1.165, 1.54) is 4.31 Å². The van der Waals surface area contributed by atoms with Crippen molar-refractivity contribution in [1.82, 2.24) is 19.0 Å². The zero-order valence-corrected chi connectivity index (χ0v) is 20.5. The predicted octanol–water partition coefficient (Wildman–Crippen LogP) is 3.53. The van der Waals surface area contributed by atoms with Gasteiger partial charge in [0.1, 0.15) is 0 Å². The fourth-order valence-corrected chi connectivity index (χ4v) is 5.61. The summed E-state index contributed by atoms with van der Waals surface area (Å²) < 4.78 is 29.1. The molecule has 0 N–H and O–H groups in total. The van der Waals surface area contributed by atoms with Crippen molar-refractivity contribution in [3.8, 4) is 5.69 Å². The molecule has 1 fully saturated rings. The van der Waals surface area contributed by atoms with E-state index < -0.39 is 10.0 Å². The lowest BCUT2D eigenvalue weighted by atomic mass is 10.1. The molecular weight excluding hydrogens is 460 g/mol. The van der Waals surface area contributed by atoms with Gasteiger partial charge >= 0.3 is 0 Å². The van der Waals surface area contributed by atoms with Crippen LogP contribution in [0.15, 0.2) is 53.4 Å². The Kier molecular flexibility index (Phi) is 6.61. The minimum absolute atomic E-state index is 0.0239. The van der Waals surface area contributed by atoms with Gasteiger partial charge in [-0.25, -0.2) is 13.1 Å². The summed E-state index contributed by atoms with van der Waals surface area (Å²) in [7, 11) is -3.56. The molecule has 1 aliphatic rings. The Morgan fingerprint density at radius 3 is 2.15 bits per heavy atom. The molecule has 2 heterocycles. The van der Waals surface area contributed by atoms with Gasteiger partial charge < -0.3 is 4.90 Å². The van der Waals surface area contributed by atoms with Crippen LogP contribution in [-0.2, 0) is 21.2 Å². The molecule has 0 saturated carbocycles. The Hall–Kier alpha value is -2.68. The Bertz CT molecular complexity index is 1260. The molecule has 7 nitrogen and oxygen atoms in total. The number of halogens is 1. The molecule has 0 bridgehead atoms. The summed E-state index contributed by atoms with van der Waals surface area (Å²) in [6.45, 7) is 7.06. The lowest BCUT2D eigenvalue weighted by Gasteiger charge is -2.34. The first kappa shape index (κ1) is 23.5. The number of benzene rings is 2. The van der Waals surface area contributed by atoms with Gasteiger partial charge in [0.05, 0.1) is 22.7 Å². The average molecular weight is 487 g/mol. The largest absolute Gasteiger partial charge is 0.340 e. The zero-order valence-electron chi connectivity index (χ0n) is 19.0. The molecule has 174 valence electrons. The van der Waals surface area contributed by atoms with Crippen molar-refractivity contribution in [1.29, 1.82) is 0 Å². The van der Waals surface area contributed by atoms with E-state index in [0.29, 0.717) is 18.1 Å². The molecule has 0 aliphatic carbocycles. The number of rotatable bonds is 5. The lowest BCUT2D eigenvalue weighted by Crippen LogP contribution is -2.50. The van der Waals surface area contributed by atoms with E-state index >= 15 is 0 Å². The molecule has 9 heteroatoms. The maximum absolute atomic E-state index is 13.0. The predicted molar refractivity (Wildman–Crippen MR) is 128 cm³/mol. The third-order valence-electron chi connectivity index (χ3n) is 6.09.